The van der Waals surface area contributed by atoms with Crippen LogP contribution in [0, 0.1) is 12.7 Å². The topological polar surface area (TPSA) is 70.6 Å². The third-order valence-electron chi connectivity index (χ3n) is 7.11. The summed E-state index contributed by atoms with van der Waals surface area (Å²) in [5.74, 6) is 1.75. The number of urea groups is 1. The second-order valence-corrected chi connectivity index (χ2v) is 10.2. The van der Waals surface area contributed by atoms with Crippen LogP contribution in [-0.2, 0) is 13.0 Å². The summed E-state index contributed by atoms with van der Waals surface area (Å²) in [5, 5.41) is 3.01. The molecule has 3 aromatic rings. The number of halogens is 1. The van der Waals surface area contributed by atoms with Gasteiger partial charge in [0.25, 0.3) is 0 Å². The first kappa shape index (κ1) is 25.0. The number of piperidine rings is 1. The molecule has 5 rings (SSSR count). The van der Waals surface area contributed by atoms with E-state index < -0.39 is 0 Å². The number of amides is 2. The van der Waals surface area contributed by atoms with Crippen LogP contribution in [0.25, 0.3) is 0 Å². The van der Waals surface area contributed by atoms with Crippen molar-refractivity contribution < 1.29 is 13.9 Å². The molecule has 1 aromatic heterocycles. The molecule has 0 unspecified atom stereocenters. The summed E-state index contributed by atoms with van der Waals surface area (Å²) in [4.78, 5) is 26.8. The fourth-order valence-electron chi connectivity index (χ4n) is 4.81. The van der Waals surface area contributed by atoms with E-state index in [1.54, 1.807) is 24.0 Å². The summed E-state index contributed by atoms with van der Waals surface area (Å²) in [6.07, 6.45) is 4.04. The number of anilines is 2. The van der Waals surface area contributed by atoms with Crippen LogP contribution in [0.4, 0.5) is 20.8 Å². The Morgan fingerprint density at radius 3 is 2.49 bits per heavy atom. The van der Waals surface area contributed by atoms with Crippen LogP contribution in [0.1, 0.15) is 61.4 Å². The summed E-state index contributed by atoms with van der Waals surface area (Å²) < 4.78 is 20.1. The second kappa shape index (κ2) is 10.7. The molecule has 0 radical (unpaired) electrons. The van der Waals surface area contributed by atoms with Crippen molar-refractivity contribution >= 4 is 17.7 Å². The monoisotopic (exact) mass is 503 g/mol. The predicted octanol–water partition coefficient (Wildman–Crippen LogP) is 6.42. The summed E-state index contributed by atoms with van der Waals surface area (Å²) in [5.41, 5.74) is 4.18. The van der Waals surface area contributed by atoms with Crippen LogP contribution in [0.3, 0.4) is 0 Å². The van der Waals surface area contributed by atoms with Crippen LogP contribution in [0.15, 0.2) is 42.5 Å². The van der Waals surface area contributed by atoms with E-state index in [0.717, 1.165) is 42.9 Å². The lowest BCUT2D eigenvalue weighted by atomic mass is 10.0. The summed E-state index contributed by atoms with van der Waals surface area (Å²) in [6.45, 7) is 8.71. The number of hydrogen-bond donors (Lipinski definition) is 1. The largest absolute Gasteiger partial charge is 0.438 e. The number of aryl methyl sites for hydroxylation is 1. The highest BCUT2D eigenvalue weighted by molar-refractivity contribution is 5.89. The number of nitrogens with zero attached hydrogens (tertiary/aromatic N) is 4. The lowest BCUT2D eigenvalue weighted by Gasteiger charge is -2.32. The van der Waals surface area contributed by atoms with Crippen LogP contribution < -0.4 is 15.0 Å². The Bertz CT molecular complexity index is 1270. The Morgan fingerprint density at radius 1 is 1.03 bits per heavy atom. The number of hydrogen-bond acceptors (Lipinski definition) is 5. The third kappa shape index (κ3) is 5.68. The molecule has 0 spiro atoms. The van der Waals surface area contributed by atoms with Gasteiger partial charge in [-0.3, -0.25) is 0 Å². The molecule has 1 fully saturated rings. The van der Waals surface area contributed by atoms with Crippen molar-refractivity contribution in [1.82, 2.24) is 14.9 Å². The molecule has 1 N–H and O–H groups in total. The molecule has 3 heterocycles. The number of fused-ring (bicyclic) bond motifs is 1. The number of nitrogens with one attached hydrogen (secondary N) is 1. The van der Waals surface area contributed by atoms with E-state index in [9.17, 15) is 9.18 Å². The molecular formula is C29H34FN5O2. The molecule has 8 heteroatoms. The highest BCUT2D eigenvalue weighted by Crippen LogP contribution is 2.33. The summed E-state index contributed by atoms with van der Waals surface area (Å²) in [7, 11) is 0. The number of aromatic nitrogens is 2. The summed E-state index contributed by atoms with van der Waals surface area (Å²) >= 11 is 0. The molecule has 7 nitrogen and oxygen atoms in total. The maximum atomic E-state index is 13.9. The molecule has 0 aliphatic carbocycles. The van der Waals surface area contributed by atoms with E-state index in [4.69, 9.17) is 14.7 Å². The zero-order valence-corrected chi connectivity index (χ0v) is 21.8. The Labute approximate surface area is 217 Å². The van der Waals surface area contributed by atoms with Gasteiger partial charge in [-0.05, 0) is 73.6 Å². The number of benzene rings is 2. The van der Waals surface area contributed by atoms with Crippen molar-refractivity contribution in [2.24, 2.45) is 0 Å². The zero-order chi connectivity index (χ0) is 25.9. The number of carbonyl (C=O) groups excluding carboxylic acids is 1. The maximum absolute atomic E-state index is 13.9. The van der Waals surface area contributed by atoms with Crippen molar-refractivity contribution in [1.29, 1.82) is 0 Å². The SMILES string of the molecule is Cc1cc(Oc2nc(N3CCCCC3)nc3c2CN(C(=O)Nc2ccc(C(C)C)cc2)CC3)ccc1F. The van der Waals surface area contributed by atoms with Gasteiger partial charge in [-0.2, -0.15) is 4.98 Å². The highest BCUT2D eigenvalue weighted by atomic mass is 19.1. The fraction of sp³-hybridized carbons (Fsp3) is 0.414. The van der Waals surface area contributed by atoms with Gasteiger partial charge in [-0.25, -0.2) is 14.2 Å². The first-order valence-corrected chi connectivity index (χ1v) is 13.1. The lowest BCUT2D eigenvalue weighted by molar-refractivity contribution is 0.205. The van der Waals surface area contributed by atoms with Gasteiger partial charge >= 0.3 is 6.03 Å². The van der Waals surface area contributed by atoms with Crippen LogP contribution in [0.2, 0.25) is 0 Å². The molecule has 0 atom stereocenters. The average Bonchev–Trinajstić information content (AvgIpc) is 2.91. The number of carbonyl (C=O) groups is 1. The van der Waals surface area contributed by atoms with Crippen LogP contribution >= 0.6 is 0 Å². The third-order valence-corrected chi connectivity index (χ3v) is 7.11. The fourth-order valence-corrected chi connectivity index (χ4v) is 4.81. The molecular weight excluding hydrogens is 469 g/mol. The molecule has 0 bridgehead atoms. The Balaban J connectivity index is 1.40. The number of rotatable bonds is 5. The quantitative estimate of drug-likeness (QED) is 0.435. The molecule has 2 aliphatic rings. The van der Waals surface area contributed by atoms with E-state index in [0.29, 0.717) is 48.6 Å². The van der Waals surface area contributed by atoms with E-state index in [1.165, 1.54) is 18.1 Å². The highest BCUT2D eigenvalue weighted by Gasteiger charge is 2.28. The van der Waals surface area contributed by atoms with Gasteiger partial charge in [-0.15, -0.1) is 0 Å². The van der Waals surface area contributed by atoms with Crippen molar-refractivity contribution in [3.05, 3.63) is 70.7 Å². The zero-order valence-electron chi connectivity index (χ0n) is 21.8. The lowest BCUT2D eigenvalue weighted by Crippen LogP contribution is -2.40. The minimum absolute atomic E-state index is 0.174. The minimum Gasteiger partial charge on any atom is -0.438 e. The van der Waals surface area contributed by atoms with E-state index in [2.05, 4.69) is 24.1 Å². The molecule has 194 valence electrons. The molecule has 2 aromatic carbocycles. The van der Waals surface area contributed by atoms with Crippen molar-refractivity contribution in [3.8, 4) is 11.6 Å². The number of ether oxygens (including phenoxy) is 1. The van der Waals surface area contributed by atoms with E-state index in [-0.39, 0.29) is 11.8 Å². The minimum atomic E-state index is -0.282. The second-order valence-electron chi connectivity index (χ2n) is 10.2. The Morgan fingerprint density at radius 2 is 1.78 bits per heavy atom. The molecule has 1 saturated heterocycles. The van der Waals surface area contributed by atoms with Gasteiger partial charge in [0, 0.05) is 31.7 Å². The first-order chi connectivity index (χ1) is 17.9. The predicted molar refractivity (Wildman–Crippen MR) is 143 cm³/mol. The van der Waals surface area contributed by atoms with Crippen LogP contribution in [0.5, 0.6) is 11.6 Å². The van der Waals surface area contributed by atoms with Crippen molar-refractivity contribution in [2.75, 3.05) is 29.9 Å². The molecule has 2 amide bonds. The van der Waals surface area contributed by atoms with Crippen molar-refractivity contribution in [2.45, 2.75) is 58.9 Å². The Hall–Kier alpha value is -3.68. The Kier molecular flexibility index (Phi) is 7.26. The normalized spacial score (nSPS) is 15.5. The average molecular weight is 504 g/mol. The standard InChI is InChI=1S/C29H34FN5O2/c1-19(2)21-7-9-22(10-8-21)31-29(36)35-16-13-26-24(18-35)27(37-23-11-12-25(30)20(3)17-23)33-28(32-26)34-14-5-4-6-15-34/h7-12,17,19H,4-6,13-16,18H2,1-3H3,(H,31,36). The van der Waals surface area contributed by atoms with Gasteiger partial charge in [-0.1, -0.05) is 26.0 Å². The first-order valence-electron chi connectivity index (χ1n) is 13.1. The summed E-state index contributed by atoms with van der Waals surface area (Å²) in [6, 6.07) is 12.4. The molecule has 2 aliphatic heterocycles. The molecule has 37 heavy (non-hydrogen) atoms. The van der Waals surface area contributed by atoms with Gasteiger partial charge in [0.15, 0.2) is 0 Å². The smallest absolute Gasteiger partial charge is 0.322 e. The van der Waals surface area contributed by atoms with Gasteiger partial charge < -0.3 is 19.9 Å². The van der Waals surface area contributed by atoms with Gasteiger partial charge in [0.05, 0.1) is 17.8 Å². The van der Waals surface area contributed by atoms with Gasteiger partial charge in [0.1, 0.15) is 11.6 Å². The van der Waals surface area contributed by atoms with E-state index >= 15 is 0 Å². The molecule has 0 saturated carbocycles. The van der Waals surface area contributed by atoms with E-state index in [1.807, 2.05) is 24.3 Å². The van der Waals surface area contributed by atoms with Crippen molar-refractivity contribution in [3.63, 3.8) is 0 Å². The maximum Gasteiger partial charge on any atom is 0.322 e. The van der Waals surface area contributed by atoms with Gasteiger partial charge in [0.2, 0.25) is 11.8 Å². The van der Waals surface area contributed by atoms with Crippen LogP contribution in [-0.4, -0.2) is 40.5 Å².